The fourth-order valence-corrected chi connectivity index (χ4v) is 5.98. The van der Waals surface area contributed by atoms with Gasteiger partial charge in [0.2, 0.25) is 0 Å². The normalized spacial score (nSPS) is 16.1. The maximum Gasteiger partial charge on any atom is 0.102 e. The summed E-state index contributed by atoms with van der Waals surface area (Å²) in [6, 6.07) is 0. The Kier molecular flexibility index (Phi) is 24.2. The van der Waals surface area contributed by atoms with Gasteiger partial charge in [-0.1, -0.05) is 139 Å². The van der Waals surface area contributed by atoms with Crippen molar-refractivity contribution in [2.45, 2.75) is 151 Å². The lowest BCUT2D eigenvalue weighted by Crippen LogP contribution is -2.42. The molecule has 0 heterocycles. The second kappa shape index (κ2) is 25.3. The van der Waals surface area contributed by atoms with Crippen molar-refractivity contribution in [2.24, 2.45) is 5.41 Å². The van der Waals surface area contributed by atoms with Crippen LogP contribution in [-0.4, -0.2) is 49.4 Å². The maximum absolute atomic E-state index is 10.4. The Balaban J connectivity index is 0.000000840. The number of carboxylic acid groups (broad SMARTS) is 1. The molecule has 0 saturated carbocycles. The van der Waals surface area contributed by atoms with E-state index in [0.717, 1.165) is 22.7 Å². The second-order valence-electron chi connectivity index (χ2n) is 14.4. The molecule has 0 unspecified atom stereocenters. The molecular weight excluding hydrogens is 542 g/mol. The van der Waals surface area contributed by atoms with Gasteiger partial charge in [0.25, 0.3) is 0 Å². The summed E-state index contributed by atoms with van der Waals surface area (Å²) in [6.07, 6.45) is 34.7. The van der Waals surface area contributed by atoms with Crippen LogP contribution >= 0.6 is 0 Å². The van der Waals surface area contributed by atoms with Crippen LogP contribution < -0.4 is 5.11 Å². The summed E-state index contributed by atoms with van der Waals surface area (Å²) < 4.78 is 0.967. The number of likely N-dealkylation sites (N-methyl/N-ethyl adjacent to an activating group) is 1. The predicted molar refractivity (Wildman–Crippen MR) is 190 cm³/mol. The van der Waals surface area contributed by atoms with E-state index in [-0.39, 0.29) is 5.41 Å². The number of aliphatic carboxylic acids is 1. The molecule has 1 rings (SSSR count). The van der Waals surface area contributed by atoms with Crippen LogP contribution in [0.1, 0.15) is 151 Å². The van der Waals surface area contributed by atoms with Gasteiger partial charge >= 0.3 is 0 Å². The number of carbonyl (C=O) groups excluding carboxylic acids is 1. The molecule has 0 aromatic carbocycles. The Morgan fingerprint density at radius 3 is 1.84 bits per heavy atom. The molecule has 0 bridgehead atoms. The minimum Gasteiger partial charge on any atom is -0.545 e. The summed E-state index contributed by atoms with van der Waals surface area (Å²) in [5, 5.41) is 19.4. The minimum absolute atomic E-state index is 0.253. The van der Waals surface area contributed by atoms with Crippen LogP contribution in [0, 0.1) is 5.41 Å². The van der Waals surface area contributed by atoms with Crippen LogP contribution in [0.25, 0.3) is 0 Å². The number of unbranched alkanes of at least 4 members (excludes halogenated alkanes) is 13. The number of nitrogens with zero attached hydrogens (tertiary/aromatic N) is 1. The molecule has 44 heavy (non-hydrogen) atoms. The molecule has 0 aliphatic heterocycles. The molecule has 0 aromatic heterocycles. The SMILES string of the molecule is CC1=C(/C=C/C(C)=C\C=C\C(C)=C\C(=O)[O-])C(C)(C)CCC1.CCCCCCCCCCCCCCCC[N+](C)(C)CCO. The van der Waals surface area contributed by atoms with E-state index in [1.807, 2.05) is 19.1 Å². The Morgan fingerprint density at radius 1 is 0.841 bits per heavy atom. The van der Waals surface area contributed by atoms with Crippen LogP contribution in [0.2, 0.25) is 0 Å². The van der Waals surface area contributed by atoms with E-state index in [0.29, 0.717) is 12.2 Å². The van der Waals surface area contributed by atoms with Gasteiger partial charge in [-0.05, 0) is 75.5 Å². The van der Waals surface area contributed by atoms with Crippen molar-refractivity contribution in [3.63, 3.8) is 0 Å². The van der Waals surface area contributed by atoms with Crippen molar-refractivity contribution in [3.05, 3.63) is 58.7 Å². The highest BCUT2D eigenvalue weighted by molar-refractivity contribution is 5.79. The standard InChI is InChI=1S/C20H44NO.C20H28O2/c1-4-5-6-7-8-9-10-11-12-13-14-15-16-17-18-21(2,3)19-20-22;1-15(8-6-9-16(2)14-19(21)22)11-12-18-17(3)10-7-13-20(18,4)5/h22H,4-20H2,1-3H3;6,8-9,11-12,14H,7,10,13H2,1-5H3,(H,21,22)/q+1;/p-1/b;9-6+,12-11+,15-8-,16-14+. The highest BCUT2D eigenvalue weighted by atomic mass is 16.4. The molecule has 0 atom stereocenters. The molecule has 0 aromatic rings. The third-order valence-corrected chi connectivity index (χ3v) is 8.94. The third kappa shape index (κ3) is 23.5. The molecule has 0 fully saturated rings. The van der Waals surface area contributed by atoms with Gasteiger partial charge in [-0.2, -0.15) is 0 Å². The van der Waals surface area contributed by atoms with E-state index >= 15 is 0 Å². The zero-order chi connectivity index (χ0) is 33.3. The molecular formula is C40H71NO3. The van der Waals surface area contributed by atoms with E-state index in [4.69, 9.17) is 5.11 Å². The number of allylic oxidation sites excluding steroid dienone is 9. The van der Waals surface area contributed by atoms with Crippen molar-refractivity contribution < 1.29 is 19.5 Å². The zero-order valence-electron chi connectivity index (χ0n) is 30.3. The van der Waals surface area contributed by atoms with E-state index < -0.39 is 5.97 Å². The van der Waals surface area contributed by atoms with E-state index in [1.165, 1.54) is 127 Å². The first-order chi connectivity index (χ1) is 20.8. The molecule has 0 saturated heterocycles. The Morgan fingerprint density at radius 2 is 1.36 bits per heavy atom. The van der Waals surface area contributed by atoms with Crippen molar-refractivity contribution in [1.29, 1.82) is 0 Å². The van der Waals surface area contributed by atoms with Gasteiger partial charge in [0, 0.05) is 0 Å². The Hall–Kier alpha value is -1.91. The van der Waals surface area contributed by atoms with Gasteiger partial charge < -0.3 is 19.5 Å². The van der Waals surface area contributed by atoms with E-state index in [2.05, 4.69) is 53.9 Å². The van der Waals surface area contributed by atoms with E-state index in [1.54, 1.807) is 13.0 Å². The summed E-state index contributed by atoms with van der Waals surface area (Å²) in [5.74, 6) is -1.16. The first-order valence-corrected chi connectivity index (χ1v) is 17.9. The number of hydrogen-bond acceptors (Lipinski definition) is 3. The average Bonchev–Trinajstić information content (AvgIpc) is 2.92. The van der Waals surface area contributed by atoms with Gasteiger partial charge in [0.1, 0.15) is 6.54 Å². The molecule has 0 spiro atoms. The fourth-order valence-electron chi connectivity index (χ4n) is 5.98. The summed E-state index contributed by atoms with van der Waals surface area (Å²) >= 11 is 0. The highest BCUT2D eigenvalue weighted by Crippen LogP contribution is 2.40. The lowest BCUT2D eigenvalue weighted by atomic mass is 9.72. The number of hydrogen-bond donors (Lipinski definition) is 1. The number of quaternary nitrogens is 1. The van der Waals surface area contributed by atoms with Crippen molar-refractivity contribution in [1.82, 2.24) is 0 Å². The molecule has 0 radical (unpaired) electrons. The average molecular weight is 614 g/mol. The van der Waals surface area contributed by atoms with Gasteiger partial charge in [-0.15, -0.1) is 0 Å². The summed E-state index contributed by atoms with van der Waals surface area (Å²) in [5.41, 5.74) is 4.99. The third-order valence-electron chi connectivity index (χ3n) is 8.94. The van der Waals surface area contributed by atoms with Gasteiger partial charge in [-0.3, -0.25) is 0 Å². The largest absolute Gasteiger partial charge is 0.545 e. The number of carboxylic acids is 1. The number of aliphatic hydroxyl groups is 1. The maximum atomic E-state index is 10.4. The van der Waals surface area contributed by atoms with Crippen molar-refractivity contribution in [3.8, 4) is 0 Å². The lowest BCUT2D eigenvalue weighted by molar-refractivity contribution is -0.890. The Labute approximate surface area is 273 Å². The first-order valence-electron chi connectivity index (χ1n) is 17.9. The quantitative estimate of drug-likeness (QED) is 0.0572. The van der Waals surface area contributed by atoms with E-state index in [9.17, 15) is 9.90 Å². The van der Waals surface area contributed by atoms with Crippen LogP contribution in [0.15, 0.2) is 58.7 Å². The van der Waals surface area contributed by atoms with Gasteiger partial charge in [0.15, 0.2) is 0 Å². The monoisotopic (exact) mass is 614 g/mol. The topological polar surface area (TPSA) is 60.4 Å². The smallest absolute Gasteiger partial charge is 0.102 e. The molecule has 4 heteroatoms. The van der Waals surface area contributed by atoms with Crippen LogP contribution in [0.5, 0.6) is 0 Å². The molecule has 254 valence electrons. The molecule has 1 aliphatic carbocycles. The number of aliphatic hydroxyl groups excluding tert-OH is 1. The minimum atomic E-state index is -1.16. The van der Waals surface area contributed by atoms with Gasteiger partial charge in [0.05, 0.1) is 33.2 Å². The van der Waals surface area contributed by atoms with Crippen LogP contribution in [0.3, 0.4) is 0 Å². The molecule has 0 amide bonds. The summed E-state index contributed by atoms with van der Waals surface area (Å²) in [7, 11) is 4.44. The van der Waals surface area contributed by atoms with Crippen LogP contribution in [0.4, 0.5) is 0 Å². The highest BCUT2D eigenvalue weighted by Gasteiger charge is 2.26. The molecule has 1 aliphatic rings. The molecule has 4 nitrogen and oxygen atoms in total. The van der Waals surface area contributed by atoms with Crippen LogP contribution in [-0.2, 0) is 4.79 Å². The zero-order valence-corrected chi connectivity index (χ0v) is 30.3. The fraction of sp³-hybridized carbons (Fsp3) is 0.725. The molecule has 1 N–H and O–H groups in total. The number of rotatable bonds is 22. The predicted octanol–water partition coefficient (Wildman–Crippen LogP) is 9.80. The lowest BCUT2D eigenvalue weighted by Gasteiger charge is -2.32. The first kappa shape index (κ1) is 42.1. The number of carbonyl (C=O) groups is 1. The summed E-state index contributed by atoms with van der Waals surface area (Å²) in [6.45, 7) is 15.3. The summed E-state index contributed by atoms with van der Waals surface area (Å²) in [4.78, 5) is 10.4. The second-order valence-corrected chi connectivity index (χ2v) is 14.4. The Bertz CT molecular complexity index is 917. The van der Waals surface area contributed by atoms with Crippen molar-refractivity contribution in [2.75, 3.05) is 33.8 Å². The van der Waals surface area contributed by atoms with Crippen molar-refractivity contribution >= 4 is 5.97 Å². The van der Waals surface area contributed by atoms with Gasteiger partial charge in [-0.25, -0.2) is 0 Å².